The van der Waals surface area contributed by atoms with Gasteiger partial charge in [0.15, 0.2) is 0 Å². The van der Waals surface area contributed by atoms with E-state index in [1.165, 1.54) is 11.3 Å². The van der Waals surface area contributed by atoms with Gasteiger partial charge in [0.2, 0.25) is 0 Å². The number of nitriles is 1. The van der Waals surface area contributed by atoms with Gasteiger partial charge < -0.3 is 5.11 Å². The zero-order valence-corrected chi connectivity index (χ0v) is 7.95. The van der Waals surface area contributed by atoms with Gasteiger partial charge in [0.05, 0.1) is 10.2 Å². The summed E-state index contributed by atoms with van der Waals surface area (Å²) in [5.41, 5.74) is 1.05. The number of para-hydroxylation sites is 1. The minimum atomic E-state index is 0.200. The maximum Gasteiger partial charge on any atom is 0.138 e. The molecular weight excluding hydrogens is 196 g/mol. The van der Waals surface area contributed by atoms with Crippen molar-refractivity contribution in [2.45, 2.75) is 0 Å². The number of aromatic nitrogens is 1. The largest absolute Gasteiger partial charge is 0.514 e. The highest BCUT2D eigenvalue weighted by atomic mass is 32.1. The first kappa shape index (κ1) is 8.73. The van der Waals surface area contributed by atoms with Crippen LogP contribution in [-0.2, 0) is 0 Å². The molecule has 1 aromatic heterocycles. The normalized spacial score (nSPS) is 11.5. The lowest BCUT2D eigenvalue weighted by Gasteiger charge is -1.85. The van der Waals surface area contributed by atoms with E-state index in [1.807, 2.05) is 30.3 Å². The van der Waals surface area contributed by atoms with Gasteiger partial charge in [-0.25, -0.2) is 4.98 Å². The van der Waals surface area contributed by atoms with Gasteiger partial charge in [-0.2, -0.15) is 5.26 Å². The molecule has 0 amide bonds. The Morgan fingerprint density at radius 3 is 2.93 bits per heavy atom. The van der Waals surface area contributed by atoms with E-state index in [4.69, 9.17) is 10.4 Å². The first-order valence-corrected chi connectivity index (χ1v) is 4.77. The summed E-state index contributed by atoms with van der Waals surface area (Å²) in [5, 5.41) is 18.0. The highest BCUT2D eigenvalue weighted by molar-refractivity contribution is 7.19. The number of allylic oxidation sites excluding steroid dienone is 1. The van der Waals surface area contributed by atoms with E-state index in [9.17, 15) is 0 Å². The third-order valence-corrected chi connectivity index (χ3v) is 2.84. The van der Waals surface area contributed by atoms with E-state index in [0.29, 0.717) is 5.01 Å². The molecule has 0 atom stereocenters. The van der Waals surface area contributed by atoms with Gasteiger partial charge in [0.1, 0.15) is 22.9 Å². The topological polar surface area (TPSA) is 56.9 Å². The Morgan fingerprint density at radius 1 is 1.50 bits per heavy atom. The Hall–Kier alpha value is -1.86. The van der Waals surface area contributed by atoms with Crippen molar-refractivity contribution in [1.82, 2.24) is 4.98 Å². The SMILES string of the molecule is N#C/C(=C/O)c1nc2ccccc2s1. The van der Waals surface area contributed by atoms with Gasteiger partial charge in [-0.05, 0) is 12.1 Å². The molecule has 0 radical (unpaired) electrons. The number of thiazole rings is 1. The second-order valence-electron chi connectivity index (χ2n) is 2.64. The van der Waals surface area contributed by atoms with Crippen molar-refractivity contribution >= 4 is 27.1 Å². The number of aliphatic hydroxyl groups is 1. The number of benzene rings is 1. The minimum absolute atomic E-state index is 0.200. The van der Waals surface area contributed by atoms with Crippen molar-refractivity contribution in [3.05, 3.63) is 35.5 Å². The molecule has 0 aliphatic carbocycles. The summed E-state index contributed by atoms with van der Waals surface area (Å²) in [6.45, 7) is 0. The number of nitrogens with zero attached hydrogens (tertiary/aromatic N) is 2. The van der Waals surface area contributed by atoms with Crippen molar-refractivity contribution < 1.29 is 5.11 Å². The quantitative estimate of drug-likeness (QED) is 0.571. The lowest BCUT2D eigenvalue weighted by atomic mass is 10.3. The lowest BCUT2D eigenvalue weighted by Crippen LogP contribution is -1.77. The van der Waals surface area contributed by atoms with E-state index in [-0.39, 0.29) is 5.57 Å². The molecule has 0 saturated carbocycles. The Labute approximate surface area is 84.6 Å². The second-order valence-corrected chi connectivity index (χ2v) is 3.67. The van der Waals surface area contributed by atoms with Crippen LogP contribution < -0.4 is 0 Å². The fourth-order valence-electron chi connectivity index (χ4n) is 1.12. The molecule has 0 spiro atoms. The zero-order chi connectivity index (χ0) is 9.97. The van der Waals surface area contributed by atoms with Crippen LogP contribution >= 0.6 is 11.3 Å². The number of hydrogen-bond acceptors (Lipinski definition) is 4. The van der Waals surface area contributed by atoms with Crippen molar-refractivity contribution in [3.8, 4) is 6.07 Å². The van der Waals surface area contributed by atoms with Gasteiger partial charge >= 0.3 is 0 Å². The number of fused-ring (bicyclic) bond motifs is 1. The van der Waals surface area contributed by atoms with E-state index in [2.05, 4.69) is 4.98 Å². The molecule has 2 aromatic rings. The third kappa shape index (κ3) is 1.34. The van der Waals surface area contributed by atoms with Gasteiger partial charge in [-0.3, -0.25) is 0 Å². The summed E-state index contributed by atoms with van der Waals surface area (Å²) in [6.07, 6.45) is 0.789. The van der Waals surface area contributed by atoms with Crippen LogP contribution in [0.15, 0.2) is 30.5 Å². The van der Waals surface area contributed by atoms with Crippen LogP contribution in [0.1, 0.15) is 5.01 Å². The summed E-state index contributed by atoms with van der Waals surface area (Å²) < 4.78 is 1.01. The molecule has 0 unspecified atom stereocenters. The van der Waals surface area contributed by atoms with Crippen molar-refractivity contribution in [2.24, 2.45) is 0 Å². The van der Waals surface area contributed by atoms with Crippen LogP contribution in [0, 0.1) is 11.3 Å². The summed E-state index contributed by atoms with van der Waals surface area (Å²) in [5.74, 6) is 0. The van der Waals surface area contributed by atoms with Gasteiger partial charge in [0.25, 0.3) is 0 Å². The van der Waals surface area contributed by atoms with Crippen LogP contribution in [0.3, 0.4) is 0 Å². The predicted molar refractivity (Wildman–Crippen MR) is 55.8 cm³/mol. The standard InChI is InChI=1S/C10H6N2OS/c11-5-7(6-13)10-12-8-3-1-2-4-9(8)14-10/h1-4,6,13H/b7-6-. The molecule has 0 saturated heterocycles. The molecule has 0 bridgehead atoms. The molecule has 0 aliphatic heterocycles. The number of hydrogen-bond donors (Lipinski definition) is 1. The van der Waals surface area contributed by atoms with Crippen LogP contribution in [0.5, 0.6) is 0 Å². The molecule has 3 nitrogen and oxygen atoms in total. The molecule has 1 aromatic carbocycles. The molecule has 1 N–H and O–H groups in total. The summed E-state index contributed by atoms with van der Waals surface area (Å²) in [4.78, 5) is 4.22. The highest BCUT2D eigenvalue weighted by Crippen LogP contribution is 2.26. The summed E-state index contributed by atoms with van der Waals surface area (Å²) in [7, 11) is 0. The Kier molecular flexibility index (Phi) is 2.17. The first-order chi connectivity index (χ1) is 6.85. The van der Waals surface area contributed by atoms with Crippen LogP contribution in [0.4, 0.5) is 0 Å². The second kappa shape index (κ2) is 3.48. The molecular formula is C10H6N2OS. The van der Waals surface area contributed by atoms with E-state index in [1.54, 1.807) is 0 Å². The highest BCUT2D eigenvalue weighted by Gasteiger charge is 2.07. The first-order valence-electron chi connectivity index (χ1n) is 3.95. The fourth-order valence-corrected chi connectivity index (χ4v) is 2.04. The van der Waals surface area contributed by atoms with Crippen molar-refractivity contribution in [1.29, 1.82) is 5.26 Å². The fraction of sp³-hybridized carbons (Fsp3) is 0. The van der Waals surface area contributed by atoms with Gasteiger partial charge in [0, 0.05) is 0 Å². The average molecular weight is 202 g/mol. The predicted octanol–water partition coefficient (Wildman–Crippen LogP) is 2.72. The van der Waals surface area contributed by atoms with Gasteiger partial charge in [-0.1, -0.05) is 12.1 Å². The maximum absolute atomic E-state index is 8.79. The van der Waals surface area contributed by atoms with Crippen LogP contribution in [0.2, 0.25) is 0 Å². The zero-order valence-electron chi connectivity index (χ0n) is 7.14. The van der Waals surface area contributed by atoms with Crippen molar-refractivity contribution in [2.75, 3.05) is 0 Å². The molecule has 0 aliphatic rings. The molecule has 4 heteroatoms. The average Bonchev–Trinajstić information content (AvgIpc) is 2.63. The third-order valence-electron chi connectivity index (χ3n) is 1.77. The molecule has 2 rings (SSSR count). The number of rotatable bonds is 1. The molecule has 68 valence electrons. The monoisotopic (exact) mass is 202 g/mol. The molecule has 0 fully saturated rings. The molecule has 14 heavy (non-hydrogen) atoms. The summed E-state index contributed by atoms with van der Waals surface area (Å²) >= 11 is 1.39. The van der Waals surface area contributed by atoms with Crippen LogP contribution in [-0.4, -0.2) is 10.1 Å². The maximum atomic E-state index is 8.79. The van der Waals surface area contributed by atoms with Gasteiger partial charge in [-0.15, -0.1) is 11.3 Å². The summed E-state index contributed by atoms with van der Waals surface area (Å²) in [6, 6.07) is 9.50. The Balaban J connectivity index is 2.62. The van der Waals surface area contributed by atoms with E-state index >= 15 is 0 Å². The number of aliphatic hydroxyl groups excluding tert-OH is 1. The van der Waals surface area contributed by atoms with E-state index < -0.39 is 0 Å². The van der Waals surface area contributed by atoms with Crippen LogP contribution in [0.25, 0.3) is 15.8 Å². The van der Waals surface area contributed by atoms with E-state index in [0.717, 1.165) is 16.5 Å². The van der Waals surface area contributed by atoms with Crippen molar-refractivity contribution in [3.63, 3.8) is 0 Å². The minimum Gasteiger partial charge on any atom is -0.514 e. The lowest BCUT2D eigenvalue weighted by molar-refractivity contribution is 0.476. The smallest absolute Gasteiger partial charge is 0.138 e. The Morgan fingerprint density at radius 2 is 2.29 bits per heavy atom. The molecule has 1 heterocycles. The Bertz CT molecular complexity index is 503.